The first-order valence-electron chi connectivity index (χ1n) is 4.95. The number of hydrogen-bond acceptors (Lipinski definition) is 5. The van der Waals surface area contributed by atoms with Crippen molar-refractivity contribution in [1.29, 1.82) is 0 Å². The molecule has 0 aliphatic carbocycles. The molecule has 1 heterocycles. The van der Waals surface area contributed by atoms with Gasteiger partial charge in [-0.05, 0) is 13.3 Å². The van der Waals surface area contributed by atoms with Crippen LogP contribution in [0.25, 0.3) is 0 Å². The molecule has 0 fully saturated rings. The molecule has 1 rings (SSSR count). The van der Waals surface area contributed by atoms with Gasteiger partial charge in [-0.3, -0.25) is 9.36 Å². The lowest BCUT2D eigenvalue weighted by Gasteiger charge is -2.09. The molecule has 88 valence electrons. The average Bonchev–Trinajstić information content (AvgIpc) is 2.20. The number of nitrogens with two attached hydrogens (primary N) is 1. The van der Waals surface area contributed by atoms with E-state index in [0.29, 0.717) is 19.4 Å². The Balaban J connectivity index is 2.86. The summed E-state index contributed by atoms with van der Waals surface area (Å²) in [5.41, 5.74) is 5.15. The van der Waals surface area contributed by atoms with E-state index in [2.05, 4.69) is 4.98 Å². The average molecular weight is 225 g/mol. The molecule has 0 aliphatic rings. The van der Waals surface area contributed by atoms with Gasteiger partial charge in [0.1, 0.15) is 11.6 Å². The number of ether oxygens (including phenoxy) is 1. The van der Waals surface area contributed by atoms with Gasteiger partial charge in [0.25, 0.3) is 5.56 Å². The van der Waals surface area contributed by atoms with Gasteiger partial charge in [0.15, 0.2) is 0 Å². The molecule has 0 aromatic carbocycles. The van der Waals surface area contributed by atoms with Crippen molar-refractivity contribution in [2.24, 2.45) is 0 Å². The fourth-order valence-corrected chi connectivity index (χ4v) is 1.35. The number of methoxy groups -OCH3 is 1. The molecule has 6 nitrogen and oxygen atoms in total. The van der Waals surface area contributed by atoms with E-state index in [1.807, 2.05) is 0 Å². The monoisotopic (exact) mass is 225 g/mol. The second-order valence-electron chi connectivity index (χ2n) is 3.46. The summed E-state index contributed by atoms with van der Waals surface area (Å²) in [6, 6.07) is 1.41. The highest BCUT2D eigenvalue weighted by atomic mass is 16.5. The van der Waals surface area contributed by atoms with E-state index in [1.54, 1.807) is 0 Å². The summed E-state index contributed by atoms with van der Waals surface area (Å²) in [7, 11) is 1.42. The molecule has 0 unspecified atom stereocenters. The number of nitrogen functional groups attached to an aromatic ring is 1. The van der Waals surface area contributed by atoms with Gasteiger partial charge < -0.3 is 15.3 Å². The minimum atomic E-state index is -0.270. The minimum absolute atomic E-state index is 0.0930. The molecule has 0 saturated heterocycles. The van der Waals surface area contributed by atoms with Gasteiger partial charge in [-0.25, -0.2) is 0 Å². The zero-order valence-corrected chi connectivity index (χ0v) is 9.40. The van der Waals surface area contributed by atoms with Crippen LogP contribution in [0, 0.1) is 0 Å². The van der Waals surface area contributed by atoms with Gasteiger partial charge in [-0.1, -0.05) is 0 Å². The quantitative estimate of drug-likeness (QED) is 0.773. The molecular formula is C10H15N3O3. The van der Waals surface area contributed by atoms with Crippen LogP contribution in [-0.2, 0) is 11.3 Å². The van der Waals surface area contributed by atoms with Gasteiger partial charge in [-0.15, -0.1) is 0 Å². The molecule has 0 saturated carbocycles. The van der Waals surface area contributed by atoms with E-state index in [-0.39, 0.29) is 23.2 Å². The lowest BCUT2D eigenvalue weighted by atomic mass is 10.2. The van der Waals surface area contributed by atoms with Crippen molar-refractivity contribution in [3.05, 3.63) is 16.4 Å². The summed E-state index contributed by atoms with van der Waals surface area (Å²) >= 11 is 0. The normalized spacial score (nSPS) is 10.1. The summed E-state index contributed by atoms with van der Waals surface area (Å²) in [6.07, 6.45) is 1.01. The summed E-state index contributed by atoms with van der Waals surface area (Å²) in [6.45, 7) is 1.91. The van der Waals surface area contributed by atoms with Crippen LogP contribution >= 0.6 is 0 Å². The maximum absolute atomic E-state index is 11.6. The largest absolute Gasteiger partial charge is 0.468 e. The summed E-state index contributed by atoms with van der Waals surface area (Å²) < 4.78 is 6.31. The number of ketones is 1. The summed E-state index contributed by atoms with van der Waals surface area (Å²) in [5.74, 6) is 0.222. The number of anilines is 1. The van der Waals surface area contributed by atoms with E-state index in [4.69, 9.17) is 10.5 Å². The number of carbonyl (C=O) groups excluding carboxylic acids is 1. The second kappa shape index (κ2) is 5.29. The van der Waals surface area contributed by atoms with E-state index in [1.165, 1.54) is 24.7 Å². The lowest BCUT2D eigenvalue weighted by molar-refractivity contribution is -0.117. The fourth-order valence-electron chi connectivity index (χ4n) is 1.35. The van der Waals surface area contributed by atoms with Gasteiger partial charge in [0.05, 0.1) is 7.11 Å². The standard InChI is InChI=1S/C10H15N3O3/c1-7(14)4-3-5-13-9(15)6-8(11)12-10(13)16-2/h6H,3-5,11H2,1-2H3. The van der Waals surface area contributed by atoms with Gasteiger partial charge in [-0.2, -0.15) is 4.98 Å². The van der Waals surface area contributed by atoms with Crippen LogP contribution in [0.1, 0.15) is 19.8 Å². The number of carbonyl (C=O) groups is 1. The first-order valence-corrected chi connectivity index (χ1v) is 4.95. The number of aromatic nitrogens is 2. The second-order valence-corrected chi connectivity index (χ2v) is 3.46. The Bertz CT molecular complexity index is 439. The molecule has 0 spiro atoms. The number of nitrogens with zero attached hydrogens (tertiary/aromatic N) is 2. The van der Waals surface area contributed by atoms with E-state index in [9.17, 15) is 9.59 Å². The van der Waals surface area contributed by atoms with Crippen molar-refractivity contribution in [3.63, 3.8) is 0 Å². The third-order valence-electron chi connectivity index (χ3n) is 2.09. The van der Waals surface area contributed by atoms with Crippen LogP contribution < -0.4 is 16.0 Å². The van der Waals surface area contributed by atoms with Crippen LogP contribution in [-0.4, -0.2) is 22.4 Å². The highest BCUT2D eigenvalue weighted by molar-refractivity contribution is 5.75. The molecule has 1 aromatic rings. The highest BCUT2D eigenvalue weighted by Crippen LogP contribution is 2.07. The Morgan fingerprint density at radius 3 is 2.88 bits per heavy atom. The predicted octanol–water partition coefficient (Wildman–Crippen LogP) is 0.203. The zero-order chi connectivity index (χ0) is 12.1. The number of hydrogen-bond donors (Lipinski definition) is 1. The van der Waals surface area contributed by atoms with Crippen molar-refractivity contribution in [3.8, 4) is 6.01 Å². The maximum atomic E-state index is 11.6. The highest BCUT2D eigenvalue weighted by Gasteiger charge is 2.07. The van der Waals surface area contributed by atoms with Crippen molar-refractivity contribution >= 4 is 11.6 Å². The van der Waals surface area contributed by atoms with E-state index >= 15 is 0 Å². The summed E-state index contributed by atoms with van der Waals surface area (Å²) in [4.78, 5) is 26.2. The molecule has 0 radical (unpaired) electrons. The van der Waals surface area contributed by atoms with Crippen LogP contribution in [0.15, 0.2) is 10.9 Å². The minimum Gasteiger partial charge on any atom is -0.468 e. The maximum Gasteiger partial charge on any atom is 0.300 e. The van der Waals surface area contributed by atoms with Crippen LogP contribution in [0.2, 0.25) is 0 Å². The Kier molecular flexibility index (Phi) is 4.04. The number of rotatable bonds is 5. The van der Waals surface area contributed by atoms with Gasteiger partial charge in [0, 0.05) is 19.0 Å². The zero-order valence-electron chi connectivity index (χ0n) is 9.40. The molecule has 0 aliphatic heterocycles. The molecule has 16 heavy (non-hydrogen) atoms. The summed E-state index contributed by atoms with van der Waals surface area (Å²) in [5, 5.41) is 0. The van der Waals surface area contributed by atoms with Crippen LogP contribution in [0.3, 0.4) is 0 Å². The Morgan fingerprint density at radius 1 is 1.62 bits per heavy atom. The van der Waals surface area contributed by atoms with Crippen molar-refractivity contribution in [2.75, 3.05) is 12.8 Å². The molecule has 2 N–H and O–H groups in total. The van der Waals surface area contributed by atoms with Crippen molar-refractivity contribution in [1.82, 2.24) is 9.55 Å². The molecule has 0 atom stereocenters. The predicted molar refractivity (Wildman–Crippen MR) is 59.4 cm³/mol. The molecular weight excluding hydrogens is 210 g/mol. The van der Waals surface area contributed by atoms with Crippen LogP contribution in [0.4, 0.5) is 5.82 Å². The third-order valence-corrected chi connectivity index (χ3v) is 2.09. The van der Waals surface area contributed by atoms with Crippen LogP contribution in [0.5, 0.6) is 6.01 Å². The Hall–Kier alpha value is -1.85. The Morgan fingerprint density at radius 2 is 2.31 bits per heavy atom. The lowest BCUT2D eigenvalue weighted by Crippen LogP contribution is -2.23. The van der Waals surface area contributed by atoms with Gasteiger partial charge in [0.2, 0.25) is 0 Å². The molecule has 0 bridgehead atoms. The topological polar surface area (TPSA) is 87.2 Å². The first-order chi connectivity index (χ1) is 7.54. The fraction of sp³-hybridized carbons (Fsp3) is 0.500. The van der Waals surface area contributed by atoms with E-state index in [0.717, 1.165) is 0 Å². The van der Waals surface area contributed by atoms with Crippen molar-refractivity contribution in [2.45, 2.75) is 26.3 Å². The smallest absolute Gasteiger partial charge is 0.300 e. The number of Topliss-reactive ketones (excluding diaryl/α,β-unsaturated/α-hetero) is 1. The first kappa shape index (κ1) is 12.2. The van der Waals surface area contributed by atoms with Crippen molar-refractivity contribution < 1.29 is 9.53 Å². The van der Waals surface area contributed by atoms with Gasteiger partial charge >= 0.3 is 6.01 Å². The molecule has 0 amide bonds. The third kappa shape index (κ3) is 3.08. The molecule has 1 aromatic heterocycles. The SMILES string of the molecule is COc1nc(N)cc(=O)n1CCCC(C)=O. The Labute approximate surface area is 93.0 Å². The molecule has 6 heteroatoms. The van der Waals surface area contributed by atoms with E-state index < -0.39 is 0 Å².